The van der Waals surface area contributed by atoms with E-state index < -0.39 is 11.8 Å². The van der Waals surface area contributed by atoms with Crippen molar-refractivity contribution in [2.24, 2.45) is 0 Å². The summed E-state index contributed by atoms with van der Waals surface area (Å²) in [5.74, 6) is 0.239. The first-order chi connectivity index (χ1) is 14.1. The van der Waals surface area contributed by atoms with Crippen LogP contribution in [0.25, 0.3) is 0 Å². The molecule has 3 aliphatic rings. The van der Waals surface area contributed by atoms with Crippen LogP contribution in [-0.2, 0) is 9.53 Å². The largest absolute Gasteiger partial charge is 0.353 e. The Morgan fingerprint density at radius 2 is 2.07 bits per heavy atom. The summed E-state index contributed by atoms with van der Waals surface area (Å²) in [5, 5.41) is 9.02. The van der Waals surface area contributed by atoms with Crippen LogP contribution < -0.4 is 4.90 Å². The lowest BCUT2D eigenvalue weighted by molar-refractivity contribution is -0.148. The molecule has 3 aliphatic heterocycles. The first kappa shape index (κ1) is 18.0. The van der Waals surface area contributed by atoms with Gasteiger partial charge in [0.1, 0.15) is 30.1 Å². The number of benzene rings is 1. The minimum absolute atomic E-state index is 0.00974. The maximum atomic E-state index is 15.4. The lowest BCUT2D eigenvalue weighted by Gasteiger charge is -2.40. The van der Waals surface area contributed by atoms with Crippen LogP contribution >= 0.6 is 0 Å². The average molecular weight is 393 g/mol. The van der Waals surface area contributed by atoms with E-state index in [1.807, 2.05) is 36.4 Å². The monoisotopic (exact) mass is 393 g/mol. The van der Waals surface area contributed by atoms with Crippen molar-refractivity contribution in [3.63, 3.8) is 0 Å². The topological polar surface area (TPSA) is 82.4 Å². The van der Waals surface area contributed by atoms with Crippen LogP contribution in [0.5, 0.6) is 0 Å². The summed E-state index contributed by atoms with van der Waals surface area (Å²) in [6.45, 7) is 0.411. The van der Waals surface area contributed by atoms with Crippen molar-refractivity contribution < 1.29 is 13.9 Å². The van der Waals surface area contributed by atoms with Crippen molar-refractivity contribution in [1.29, 1.82) is 5.26 Å². The van der Waals surface area contributed by atoms with Crippen molar-refractivity contribution in [3.8, 4) is 6.07 Å². The van der Waals surface area contributed by atoms with E-state index in [0.717, 1.165) is 12.0 Å². The van der Waals surface area contributed by atoms with Crippen LogP contribution in [0.2, 0.25) is 0 Å². The van der Waals surface area contributed by atoms with Crippen molar-refractivity contribution >= 4 is 11.7 Å². The van der Waals surface area contributed by atoms with Gasteiger partial charge in [0.15, 0.2) is 11.8 Å². The highest BCUT2D eigenvalue weighted by atomic mass is 19.1. The van der Waals surface area contributed by atoms with Gasteiger partial charge in [-0.3, -0.25) is 4.79 Å². The van der Waals surface area contributed by atoms with Crippen LogP contribution in [-0.4, -0.2) is 51.9 Å². The predicted molar refractivity (Wildman–Crippen MR) is 101 cm³/mol. The first-order valence-electron chi connectivity index (χ1n) is 9.79. The normalized spacial score (nSPS) is 31.2. The van der Waals surface area contributed by atoms with Gasteiger partial charge in [-0.25, -0.2) is 14.4 Å². The van der Waals surface area contributed by atoms with Crippen molar-refractivity contribution in [3.05, 3.63) is 54.0 Å². The number of amides is 1. The number of nitrogens with zero attached hydrogens (tertiary/aromatic N) is 5. The Morgan fingerprint density at radius 1 is 1.24 bits per heavy atom. The van der Waals surface area contributed by atoms with Crippen LogP contribution in [0.4, 0.5) is 10.2 Å². The number of carbonyl (C=O) groups is 1. The number of alkyl halides is 1. The minimum atomic E-state index is -1.48. The number of carbonyl (C=O) groups excluding carboxylic acids is 1. The molecular weight excluding hydrogens is 373 g/mol. The number of fused-ring (bicyclic) bond motifs is 1. The van der Waals surface area contributed by atoms with Gasteiger partial charge >= 0.3 is 0 Å². The molecule has 8 heteroatoms. The number of aromatic nitrogens is 2. The number of anilines is 1. The highest BCUT2D eigenvalue weighted by Crippen LogP contribution is 2.48. The number of halogens is 1. The van der Waals surface area contributed by atoms with E-state index in [-0.39, 0.29) is 36.8 Å². The van der Waals surface area contributed by atoms with Gasteiger partial charge in [0, 0.05) is 19.0 Å². The second-order valence-electron chi connectivity index (χ2n) is 7.72. The van der Waals surface area contributed by atoms with Crippen molar-refractivity contribution in [2.45, 2.75) is 43.3 Å². The molecule has 3 saturated heterocycles. The van der Waals surface area contributed by atoms with Crippen LogP contribution in [0.15, 0.2) is 42.7 Å². The molecule has 1 amide bonds. The van der Waals surface area contributed by atoms with Gasteiger partial charge in [-0.05, 0) is 18.4 Å². The fourth-order valence-corrected chi connectivity index (χ4v) is 4.73. The molecule has 7 nitrogen and oxygen atoms in total. The predicted octanol–water partition coefficient (Wildman–Crippen LogP) is 2.36. The number of hydrogen-bond acceptors (Lipinski definition) is 6. The molecular formula is C21H20FN5O2. The quantitative estimate of drug-likeness (QED) is 0.779. The van der Waals surface area contributed by atoms with E-state index >= 15 is 4.39 Å². The Morgan fingerprint density at radius 3 is 2.83 bits per heavy atom. The van der Waals surface area contributed by atoms with E-state index in [4.69, 9.17) is 10.00 Å². The second kappa shape index (κ2) is 6.78. The lowest BCUT2D eigenvalue weighted by atomic mass is 9.88. The van der Waals surface area contributed by atoms with E-state index in [0.29, 0.717) is 18.8 Å². The van der Waals surface area contributed by atoms with Gasteiger partial charge in [0.25, 0.3) is 5.91 Å². The smallest absolute Gasteiger partial charge is 0.260 e. The maximum absolute atomic E-state index is 15.4. The van der Waals surface area contributed by atoms with Gasteiger partial charge in [0.05, 0.1) is 12.6 Å². The molecule has 2 aromatic rings. The van der Waals surface area contributed by atoms with Crippen LogP contribution in [0.1, 0.15) is 36.6 Å². The van der Waals surface area contributed by atoms with E-state index in [9.17, 15) is 4.79 Å². The summed E-state index contributed by atoms with van der Waals surface area (Å²) in [4.78, 5) is 24.9. The van der Waals surface area contributed by atoms with Gasteiger partial charge in [-0.2, -0.15) is 5.26 Å². The zero-order valence-electron chi connectivity index (χ0n) is 15.7. The van der Waals surface area contributed by atoms with Gasteiger partial charge in [0.2, 0.25) is 0 Å². The highest BCUT2D eigenvalue weighted by molar-refractivity contribution is 5.89. The molecule has 0 bridgehead atoms. The van der Waals surface area contributed by atoms with E-state index in [1.54, 1.807) is 9.80 Å². The fourth-order valence-electron chi connectivity index (χ4n) is 4.73. The Hall–Kier alpha value is -3.05. The van der Waals surface area contributed by atoms with E-state index in [2.05, 4.69) is 9.97 Å². The second-order valence-corrected chi connectivity index (χ2v) is 7.72. The molecule has 4 heterocycles. The number of hydrogen-bond donors (Lipinski definition) is 0. The Kier molecular flexibility index (Phi) is 4.21. The van der Waals surface area contributed by atoms with E-state index in [1.165, 1.54) is 12.4 Å². The zero-order chi connectivity index (χ0) is 20.0. The number of rotatable bonds is 2. The molecule has 0 radical (unpaired) electrons. The molecule has 1 spiro atoms. The Balaban J connectivity index is 1.37. The standard InChI is InChI=1S/C21H20FN5O2/c22-17-12-26(18-10-15(11-23)24-13-25-18)9-8-21(17)20(28)27-16(6-7-19(27)29-21)14-4-2-1-3-5-14/h1-5,10,13,16-17,19H,6-9,12H2/t16-,17?,19+,21?/m0/s1. The fraction of sp³-hybridized carbons (Fsp3) is 0.429. The van der Waals surface area contributed by atoms with Gasteiger partial charge in [-0.15, -0.1) is 0 Å². The van der Waals surface area contributed by atoms with Crippen molar-refractivity contribution in [2.75, 3.05) is 18.0 Å². The number of piperidine rings is 1. The lowest BCUT2D eigenvalue weighted by Crippen LogP contribution is -2.58. The molecule has 5 rings (SSSR count). The molecule has 2 unspecified atom stereocenters. The summed E-state index contributed by atoms with van der Waals surface area (Å²) < 4.78 is 21.5. The number of nitriles is 1. The third kappa shape index (κ3) is 2.76. The number of ether oxygens (including phenoxy) is 1. The Bertz CT molecular complexity index is 981. The third-order valence-corrected chi connectivity index (χ3v) is 6.19. The summed E-state index contributed by atoms with van der Waals surface area (Å²) in [7, 11) is 0. The summed E-state index contributed by atoms with van der Waals surface area (Å²) in [6.07, 6.45) is 1.21. The van der Waals surface area contributed by atoms with Gasteiger partial charge in [-0.1, -0.05) is 30.3 Å². The highest BCUT2D eigenvalue weighted by Gasteiger charge is 2.62. The van der Waals surface area contributed by atoms with Crippen molar-refractivity contribution in [1.82, 2.24) is 14.9 Å². The van der Waals surface area contributed by atoms with Crippen LogP contribution in [0.3, 0.4) is 0 Å². The molecule has 0 N–H and O–H groups in total. The zero-order valence-corrected chi connectivity index (χ0v) is 15.7. The summed E-state index contributed by atoms with van der Waals surface area (Å²) >= 11 is 0. The first-order valence-corrected chi connectivity index (χ1v) is 9.79. The molecule has 1 aromatic carbocycles. The minimum Gasteiger partial charge on any atom is -0.353 e. The van der Waals surface area contributed by atoms with Gasteiger partial charge < -0.3 is 14.5 Å². The average Bonchev–Trinajstić information content (AvgIpc) is 3.29. The molecule has 0 saturated carbocycles. The van der Waals surface area contributed by atoms with Crippen LogP contribution in [0, 0.1) is 11.3 Å². The summed E-state index contributed by atoms with van der Waals surface area (Å²) in [5.41, 5.74) is -0.146. The third-order valence-electron chi connectivity index (χ3n) is 6.19. The molecule has 1 aromatic heterocycles. The molecule has 4 atom stereocenters. The summed E-state index contributed by atoms with van der Waals surface area (Å²) in [6, 6.07) is 13.3. The maximum Gasteiger partial charge on any atom is 0.260 e. The molecule has 29 heavy (non-hydrogen) atoms. The molecule has 148 valence electrons. The Labute approximate surface area is 167 Å². The molecule has 3 fully saturated rings. The SMILES string of the molecule is N#Cc1cc(N2CCC3(O[C@@H]4CC[C@@H](c5ccccc5)N4C3=O)C(F)C2)ncn1. The molecule has 0 aliphatic carbocycles.